The molecule has 0 aliphatic carbocycles. The van der Waals surface area contributed by atoms with E-state index in [1.807, 2.05) is 0 Å². The smallest absolute Gasteiger partial charge is 0.443 e. The summed E-state index contributed by atoms with van der Waals surface area (Å²) in [5, 5.41) is 8.74. The summed E-state index contributed by atoms with van der Waals surface area (Å²) in [5.41, 5.74) is 5.25. The van der Waals surface area contributed by atoms with Gasteiger partial charge in [0, 0.05) is 6.07 Å². The maximum Gasteiger partial charge on any atom is 0.443 e. The summed E-state index contributed by atoms with van der Waals surface area (Å²) in [6, 6.07) is 3.51. The van der Waals surface area contributed by atoms with Crippen molar-refractivity contribution in [2.24, 2.45) is 0 Å². The normalized spacial score (nSPS) is 11.6. The lowest BCUT2D eigenvalue weighted by molar-refractivity contribution is 0.347. The van der Waals surface area contributed by atoms with Crippen molar-refractivity contribution in [1.29, 1.82) is 0 Å². The van der Waals surface area contributed by atoms with Crippen molar-refractivity contribution >= 4 is 18.9 Å². The number of anilines is 1. The van der Waals surface area contributed by atoms with Crippen LogP contribution in [0.2, 0.25) is 0 Å². The fraction of sp³-hybridized carbons (Fsp3) is 0. The maximum atomic E-state index is 8.89. The lowest BCUT2D eigenvalue weighted by Crippen LogP contribution is -2.13. The lowest BCUT2D eigenvalue weighted by atomic mass is 10.3. The molecule has 0 saturated heterocycles. The highest BCUT2D eigenvalue weighted by molar-refractivity contribution is 7.67. The van der Waals surface area contributed by atoms with E-state index in [9.17, 15) is 0 Å². The molecular weight excluding hydrogens is 181 g/mol. The van der Waals surface area contributed by atoms with E-state index in [0.717, 1.165) is 6.07 Å². The number of hydrogen-bond acceptors (Lipinski definition) is 5. The van der Waals surface area contributed by atoms with E-state index in [-0.39, 0.29) is 16.7 Å². The zero-order valence-electron chi connectivity index (χ0n) is 6.05. The summed E-state index contributed by atoms with van der Waals surface area (Å²) in [6.07, 6.45) is 0. The largest absolute Gasteiger partial charge is 0.508 e. The Hall–Kier alpha value is -0.870. The van der Waals surface area contributed by atoms with Gasteiger partial charge in [-0.15, -0.1) is 0 Å². The second-order valence-corrected chi connectivity index (χ2v) is 3.93. The second-order valence-electron chi connectivity index (χ2n) is 2.31. The number of phenolic OH excluding ortho intramolecular Hbond substituents is 1. The fourth-order valence-corrected chi connectivity index (χ4v) is 1.50. The van der Waals surface area contributed by atoms with Crippen LogP contribution in [0.3, 0.4) is 0 Å². The molecule has 6 heteroatoms. The van der Waals surface area contributed by atoms with Gasteiger partial charge in [0.1, 0.15) is 5.75 Å². The fourth-order valence-electron chi connectivity index (χ4n) is 0.815. The highest BCUT2D eigenvalue weighted by atomic mass is 31.2. The van der Waals surface area contributed by atoms with Crippen LogP contribution in [0.25, 0.3) is 0 Å². The highest BCUT2D eigenvalue weighted by Gasteiger charge is 2.36. The van der Waals surface area contributed by atoms with Crippen LogP contribution in [0.1, 0.15) is 0 Å². The van der Waals surface area contributed by atoms with Gasteiger partial charge < -0.3 is 10.8 Å². The van der Waals surface area contributed by atoms with Gasteiger partial charge in [0.05, 0.1) is 5.69 Å². The van der Waals surface area contributed by atoms with Crippen molar-refractivity contribution in [3.63, 3.8) is 0 Å². The van der Waals surface area contributed by atoms with Crippen LogP contribution >= 0.6 is 7.94 Å². The molecule has 0 heterocycles. The molecule has 0 atom stereocenters. The van der Waals surface area contributed by atoms with E-state index in [4.69, 9.17) is 25.5 Å². The Morgan fingerprint density at radius 2 is 1.75 bits per heavy atom. The maximum absolute atomic E-state index is 8.89. The second kappa shape index (κ2) is 2.88. The van der Waals surface area contributed by atoms with E-state index < -0.39 is 7.94 Å². The third kappa shape index (κ3) is 1.84. The Bertz CT molecular complexity index is 296. The molecule has 0 radical (unpaired) electrons. The van der Waals surface area contributed by atoms with Crippen molar-refractivity contribution < 1.29 is 19.8 Å². The number of aromatic hydroxyl groups is 1. The Kier molecular flexibility index (Phi) is 2.21. The molecule has 0 unspecified atom stereocenters. The van der Waals surface area contributed by atoms with Crippen molar-refractivity contribution in [2.75, 3.05) is 5.73 Å². The third-order valence-corrected chi connectivity index (χ3v) is 2.39. The molecule has 0 aliphatic heterocycles. The SMILES string of the molecule is Nc1cc(O)ccc1[P+](O)(O)O. The van der Waals surface area contributed by atoms with Crippen molar-refractivity contribution in [2.45, 2.75) is 0 Å². The van der Waals surface area contributed by atoms with Crippen LogP contribution in [0.4, 0.5) is 5.69 Å². The molecule has 1 rings (SSSR count). The average Bonchev–Trinajstić information content (AvgIpc) is 1.83. The molecule has 6 N–H and O–H groups in total. The van der Waals surface area contributed by atoms with Gasteiger partial charge in [0.15, 0.2) is 0 Å². The van der Waals surface area contributed by atoms with Gasteiger partial charge in [-0.3, -0.25) is 0 Å². The Morgan fingerprint density at radius 3 is 2.17 bits per heavy atom. The van der Waals surface area contributed by atoms with E-state index in [1.54, 1.807) is 0 Å². The summed E-state index contributed by atoms with van der Waals surface area (Å²) >= 11 is 0. The number of phenols is 1. The summed E-state index contributed by atoms with van der Waals surface area (Å²) in [6.45, 7) is 0. The molecule has 0 bridgehead atoms. The summed E-state index contributed by atoms with van der Waals surface area (Å²) in [7, 11) is -4.06. The van der Waals surface area contributed by atoms with Crippen LogP contribution in [0.5, 0.6) is 5.75 Å². The molecule has 0 saturated carbocycles. The molecule has 1 aromatic rings. The minimum atomic E-state index is -4.06. The molecule has 0 amide bonds. The first kappa shape index (κ1) is 9.22. The predicted molar refractivity (Wildman–Crippen MR) is 45.7 cm³/mol. The summed E-state index contributed by atoms with van der Waals surface area (Å²) in [4.78, 5) is 26.5. The van der Waals surface area contributed by atoms with Gasteiger partial charge in [-0.1, -0.05) is 0 Å². The van der Waals surface area contributed by atoms with E-state index in [0.29, 0.717) is 0 Å². The van der Waals surface area contributed by atoms with E-state index in [1.165, 1.54) is 12.1 Å². The number of rotatable bonds is 1. The molecule has 1 aromatic carbocycles. The Balaban J connectivity index is 3.19. The highest BCUT2D eigenvalue weighted by Crippen LogP contribution is 2.45. The molecule has 0 fully saturated rings. The average molecular weight is 190 g/mol. The first-order chi connectivity index (χ1) is 5.41. The molecule has 0 aromatic heterocycles. The van der Waals surface area contributed by atoms with Gasteiger partial charge >= 0.3 is 7.94 Å². The van der Waals surface area contributed by atoms with Crippen molar-refractivity contribution in [3.8, 4) is 5.75 Å². The molecular formula is C6H9NO4P+. The van der Waals surface area contributed by atoms with E-state index >= 15 is 0 Å². The third-order valence-electron chi connectivity index (χ3n) is 1.33. The number of benzene rings is 1. The molecule has 66 valence electrons. The Labute approximate surface area is 69.3 Å². The van der Waals surface area contributed by atoms with Gasteiger partial charge in [-0.25, -0.2) is 0 Å². The summed E-state index contributed by atoms with van der Waals surface area (Å²) in [5.74, 6) is -0.0929. The van der Waals surface area contributed by atoms with Crippen molar-refractivity contribution in [1.82, 2.24) is 0 Å². The monoisotopic (exact) mass is 190 g/mol. The lowest BCUT2D eigenvalue weighted by Gasteiger charge is -2.05. The first-order valence-corrected chi connectivity index (χ1v) is 4.72. The standard InChI is InChI=1S/C6H8NO4P/c7-5-3-4(8)1-2-6(5)12(9,10)11/h1-3,9-11H,7H2/p+1. The number of nitrogens with two attached hydrogens (primary N) is 1. The quantitative estimate of drug-likeness (QED) is 0.298. The molecule has 5 nitrogen and oxygen atoms in total. The predicted octanol–water partition coefficient (Wildman–Crippen LogP) is -0.661. The van der Waals surface area contributed by atoms with E-state index in [2.05, 4.69) is 0 Å². The van der Waals surface area contributed by atoms with Crippen LogP contribution in [-0.4, -0.2) is 19.8 Å². The summed E-state index contributed by atoms with van der Waals surface area (Å²) < 4.78 is 0. The van der Waals surface area contributed by atoms with Gasteiger partial charge in [0.2, 0.25) is 5.30 Å². The van der Waals surface area contributed by atoms with Crippen LogP contribution < -0.4 is 11.0 Å². The van der Waals surface area contributed by atoms with Gasteiger partial charge in [0.25, 0.3) is 0 Å². The topological polar surface area (TPSA) is 107 Å². The molecule has 12 heavy (non-hydrogen) atoms. The number of nitrogen functional groups attached to an aromatic ring is 1. The zero-order valence-corrected chi connectivity index (χ0v) is 6.94. The first-order valence-electron chi connectivity index (χ1n) is 3.07. The van der Waals surface area contributed by atoms with Crippen molar-refractivity contribution in [3.05, 3.63) is 18.2 Å². The minimum absolute atomic E-state index is 0.0455. The zero-order chi connectivity index (χ0) is 9.35. The minimum Gasteiger partial charge on any atom is -0.508 e. The van der Waals surface area contributed by atoms with Crippen LogP contribution in [0.15, 0.2) is 18.2 Å². The molecule has 0 spiro atoms. The Morgan fingerprint density at radius 1 is 1.17 bits per heavy atom. The van der Waals surface area contributed by atoms with Gasteiger partial charge in [-0.05, 0) is 12.1 Å². The number of hydrogen-bond donors (Lipinski definition) is 5. The van der Waals surface area contributed by atoms with Crippen LogP contribution in [0, 0.1) is 0 Å². The van der Waals surface area contributed by atoms with Crippen LogP contribution in [-0.2, 0) is 0 Å². The van der Waals surface area contributed by atoms with Gasteiger partial charge in [-0.2, -0.15) is 14.7 Å². The molecule has 0 aliphatic rings.